The second-order valence-corrected chi connectivity index (χ2v) is 3.63. The Bertz CT molecular complexity index is 312. The topological polar surface area (TPSA) is 34.1 Å². The Morgan fingerprint density at radius 1 is 1.50 bits per heavy atom. The zero-order chi connectivity index (χ0) is 8.97. The van der Waals surface area contributed by atoms with Gasteiger partial charge in [-0.1, -0.05) is 6.07 Å². The first-order valence-corrected chi connectivity index (χ1v) is 4.63. The summed E-state index contributed by atoms with van der Waals surface area (Å²) in [5, 5.41) is 0. The molecule has 0 aliphatic carbocycles. The molecule has 1 unspecified atom stereocenters. The van der Waals surface area contributed by atoms with Crippen molar-refractivity contribution in [2.24, 2.45) is 0 Å². The monoisotopic (exact) mass is 186 g/mol. The fourth-order valence-corrected chi connectivity index (χ4v) is 1.56. The molecule has 0 saturated carbocycles. The van der Waals surface area contributed by atoms with Crippen LogP contribution in [-0.2, 0) is 15.6 Å². The molecule has 0 aromatic heterocycles. The summed E-state index contributed by atoms with van der Waals surface area (Å²) in [4.78, 5) is 10.3. The van der Waals surface area contributed by atoms with Gasteiger partial charge in [-0.05, 0) is 18.2 Å². The minimum Gasteiger partial charge on any atom is -0.302 e. The number of hydrogen-bond donors (Lipinski definition) is 0. The van der Waals surface area contributed by atoms with Crippen LogP contribution in [0.5, 0.6) is 0 Å². The van der Waals surface area contributed by atoms with Gasteiger partial charge >= 0.3 is 0 Å². The summed E-state index contributed by atoms with van der Waals surface area (Å²) in [5.74, 6) is -0.518. The van der Waals surface area contributed by atoms with Crippen LogP contribution < -0.4 is 0 Å². The quantitative estimate of drug-likeness (QED) is 0.663. The lowest BCUT2D eigenvalue weighted by molar-refractivity contribution is -0.105. The van der Waals surface area contributed by atoms with Gasteiger partial charge in [-0.3, -0.25) is 4.21 Å². The molecule has 1 aromatic carbocycles. The molecule has 0 saturated heterocycles. The van der Waals surface area contributed by atoms with E-state index in [1.54, 1.807) is 0 Å². The Kier molecular flexibility index (Phi) is 3.10. The zero-order valence-electron chi connectivity index (χ0n) is 6.20. The minimum absolute atomic E-state index is 0.0799. The zero-order valence-corrected chi connectivity index (χ0v) is 7.01. The maximum Gasteiger partial charge on any atom is 0.132 e. The second kappa shape index (κ2) is 4.11. The van der Waals surface area contributed by atoms with E-state index < -0.39 is 16.6 Å². The van der Waals surface area contributed by atoms with Crippen LogP contribution in [0.2, 0.25) is 0 Å². The Morgan fingerprint density at radius 2 is 2.25 bits per heavy atom. The lowest BCUT2D eigenvalue weighted by Gasteiger charge is -1.96. The maximum atomic E-state index is 12.5. The van der Waals surface area contributed by atoms with Crippen molar-refractivity contribution in [2.75, 3.05) is 5.75 Å². The van der Waals surface area contributed by atoms with Gasteiger partial charge in [0.1, 0.15) is 12.1 Å². The molecular formula is C8H7FO2S. The van der Waals surface area contributed by atoms with Crippen molar-refractivity contribution >= 4 is 17.1 Å². The Morgan fingerprint density at radius 3 is 2.83 bits per heavy atom. The summed E-state index contributed by atoms with van der Waals surface area (Å²) in [5.41, 5.74) is 0. The van der Waals surface area contributed by atoms with Crippen LogP contribution in [-0.4, -0.2) is 16.2 Å². The molecule has 0 radical (unpaired) electrons. The van der Waals surface area contributed by atoms with Crippen molar-refractivity contribution in [1.29, 1.82) is 0 Å². The van der Waals surface area contributed by atoms with Gasteiger partial charge in [-0.15, -0.1) is 0 Å². The van der Waals surface area contributed by atoms with Crippen LogP contribution in [0.25, 0.3) is 0 Å². The van der Waals surface area contributed by atoms with Gasteiger partial charge in [0, 0.05) is 4.90 Å². The van der Waals surface area contributed by atoms with Crippen LogP contribution in [0.3, 0.4) is 0 Å². The van der Waals surface area contributed by atoms with E-state index in [1.807, 2.05) is 0 Å². The molecule has 12 heavy (non-hydrogen) atoms. The predicted molar refractivity (Wildman–Crippen MR) is 43.7 cm³/mol. The number of halogens is 1. The number of hydrogen-bond acceptors (Lipinski definition) is 2. The van der Waals surface area contributed by atoms with Crippen molar-refractivity contribution in [3.8, 4) is 0 Å². The first-order valence-electron chi connectivity index (χ1n) is 3.31. The molecule has 1 rings (SSSR count). The molecule has 2 nitrogen and oxygen atoms in total. The lowest BCUT2D eigenvalue weighted by Crippen LogP contribution is -1.98. The van der Waals surface area contributed by atoms with Crippen LogP contribution >= 0.6 is 0 Å². The summed E-state index contributed by atoms with van der Waals surface area (Å²) in [6, 6.07) is 5.43. The summed E-state index contributed by atoms with van der Waals surface area (Å²) in [7, 11) is -1.40. The number of carbonyl (C=O) groups is 1. The van der Waals surface area contributed by atoms with E-state index in [2.05, 4.69) is 0 Å². The van der Waals surface area contributed by atoms with Crippen molar-refractivity contribution in [2.45, 2.75) is 4.90 Å². The second-order valence-electron chi connectivity index (χ2n) is 2.14. The summed E-state index contributed by atoms with van der Waals surface area (Å²) in [6.07, 6.45) is 0.557. The van der Waals surface area contributed by atoms with Crippen LogP contribution in [0.15, 0.2) is 29.2 Å². The van der Waals surface area contributed by atoms with Gasteiger partial charge in [-0.25, -0.2) is 4.39 Å². The molecule has 0 N–H and O–H groups in total. The Labute approximate surface area is 71.9 Å². The molecule has 0 bridgehead atoms. The van der Waals surface area contributed by atoms with E-state index in [-0.39, 0.29) is 5.75 Å². The SMILES string of the molecule is O=CCS(=O)c1cccc(F)c1. The van der Waals surface area contributed by atoms with Gasteiger partial charge in [0.15, 0.2) is 0 Å². The number of aldehydes is 1. The normalized spacial score (nSPS) is 12.4. The summed E-state index contributed by atoms with van der Waals surface area (Å²) < 4.78 is 23.7. The third-order valence-electron chi connectivity index (χ3n) is 1.28. The average Bonchev–Trinajstić information content (AvgIpc) is 2.05. The Hall–Kier alpha value is -1.03. The predicted octanol–water partition coefficient (Wildman–Crippen LogP) is 1.13. The van der Waals surface area contributed by atoms with E-state index in [0.717, 1.165) is 0 Å². The first-order chi connectivity index (χ1) is 5.74. The third kappa shape index (κ3) is 2.23. The standard InChI is InChI=1S/C8H7FO2S/c9-7-2-1-3-8(6-7)12(11)5-4-10/h1-4,6H,5H2. The van der Waals surface area contributed by atoms with Gasteiger partial charge in [0.05, 0.1) is 16.6 Å². The third-order valence-corrected chi connectivity index (χ3v) is 2.50. The molecule has 4 heteroatoms. The van der Waals surface area contributed by atoms with Crippen molar-refractivity contribution in [3.63, 3.8) is 0 Å². The Balaban J connectivity index is 2.87. The van der Waals surface area contributed by atoms with Gasteiger partial charge in [0.2, 0.25) is 0 Å². The highest BCUT2D eigenvalue weighted by Crippen LogP contribution is 2.07. The van der Waals surface area contributed by atoms with E-state index in [1.165, 1.54) is 24.3 Å². The molecule has 1 atom stereocenters. The van der Waals surface area contributed by atoms with E-state index >= 15 is 0 Å². The highest BCUT2D eigenvalue weighted by molar-refractivity contribution is 7.85. The van der Waals surface area contributed by atoms with E-state index in [9.17, 15) is 13.4 Å². The highest BCUT2D eigenvalue weighted by Gasteiger charge is 2.02. The van der Waals surface area contributed by atoms with Crippen LogP contribution in [0, 0.1) is 5.82 Å². The molecular weight excluding hydrogens is 179 g/mol. The van der Waals surface area contributed by atoms with Gasteiger partial charge in [-0.2, -0.15) is 0 Å². The molecule has 0 aliphatic rings. The first kappa shape index (κ1) is 9.06. The van der Waals surface area contributed by atoms with Crippen LogP contribution in [0.4, 0.5) is 4.39 Å². The number of benzene rings is 1. The summed E-state index contributed by atoms with van der Waals surface area (Å²) in [6.45, 7) is 0. The molecule has 0 heterocycles. The van der Waals surface area contributed by atoms with Crippen LogP contribution in [0.1, 0.15) is 0 Å². The molecule has 1 aromatic rings. The fourth-order valence-electron chi connectivity index (χ4n) is 0.767. The maximum absolute atomic E-state index is 12.5. The molecule has 0 amide bonds. The molecule has 0 aliphatic heterocycles. The number of rotatable bonds is 3. The number of carbonyl (C=O) groups excluding carboxylic acids is 1. The molecule has 0 spiro atoms. The summed E-state index contributed by atoms with van der Waals surface area (Å²) >= 11 is 0. The molecule has 0 fully saturated rings. The molecule has 64 valence electrons. The van der Waals surface area contributed by atoms with E-state index in [4.69, 9.17) is 0 Å². The van der Waals surface area contributed by atoms with Gasteiger partial charge in [0.25, 0.3) is 0 Å². The highest BCUT2D eigenvalue weighted by atomic mass is 32.2. The van der Waals surface area contributed by atoms with Crippen molar-refractivity contribution < 1.29 is 13.4 Å². The smallest absolute Gasteiger partial charge is 0.132 e. The fraction of sp³-hybridized carbons (Fsp3) is 0.125. The van der Waals surface area contributed by atoms with Gasteiger partial charge < -0.3 is 4.79 Å². The lowest BCUT2D eigenvalue weighted by atomic mass is 10.4. The van der Waals surface area contributed by atoms with Crippen molar-refractivity contribution in [1.82, 2.24) is 0 Å². The average molecular weight is 186 g/mol. The van der Waals surface area contributed by atoms with E-state index in [0.29, 0.717) is 11.2 Å². The van der Waals surface area contributed by atoms with Crippen molar-refractivity contribution in [3.05, 3.63) is 30.1 Å². The minimum atomic E-state index is -1.40. The largest absolute Gasteiger partial charge is 0.302 e.